The minimum absolute atomic E-state index is 0.0764. The number of benzene rings is 1. The highest BCUT2D eigenvalue weighted by Crippen LogP contribution is 2.24. The summed E-state index contributed by atoms with van der Waals surface area (Å²) in [5.41, 5.74) is 1.00. The van der Waals surface area contributed by atoms with E-state index in [4.69, 9.17) is 4.55 Å². The van der Waals surface area contributed by atoms with E-state index in [0.717, 1.165) is 12.2 Å². The van der Waals surface area contributed by atoms with Crippen molar-refractivity contribution in [2.45, 2.75) is 17.9 Å². The van der Waals surface area contributed by atoms with Crippen LogP contribution in [-0.4, -0.2) is 36.5 Å². The molecule has 1 aliphatic heterocycles. The summed E-state index contributed by atoms with van der Waals surface area (Å²) in [7, 11) is -2.12. The molecule has 0 bridgehead atoms. The Labute approximate surface area is 107 Å². The molecule has 1 aliphatic rings. The molecule has 0 aliphatic carbocycles. The molecule has 1 heterocycles. The molecule has 0 saturated heterocycles. The van der Waals surface area contributed by atoms with Gasteiger partial charge in [0, 0.05) is 19.4 Å². The van der Waals surface area contributed by atoms with Gasteiger partial charge in [0.25, 0.3) is 10.1 Å². The van der Waals surface area contributed by atoms with Crippen LogP contribution in [0.5, 0.6) is 0 Å². The van der Waals surface area contributed by atoms with Gasteiger partial charge in [0.1, 0.15) is 0 Å². The van der Waals surface area contributed by atoms with E-state index in [-0.39, 0.29) is 10.9 Å². The molecule has 1 aromatic carbocycles. The highest BCUT2D eigenvalue weighted by Gasteiger charge is 2.17. The highest BCUT2D eigenvalue weighted by atomic mass is 32.2. The van der Waals surface area contributed by atoms with Gasteiger partial charge in [-0.05, 0) is 24.6 Å². The van der Waals surface area contributed by atoms with Crippen molar-refractivity contribution in [1.29, 1.82) is 0 Å². The molecule has 1 atom stereocenters. The van der Waals surface area contributed by atoms with E-state index in [9.17, 15) is 8.42 Å². The third kappa shape index (κ3) is 2.65. The maximum Gasteiger partial charge on any atom is 0.294 e. The van der Waals surface area contributed by atoms with Crippen LogP contribution in [0, 0.1) is 0 Å². The summed E-state index contributed by atoms with van der Waals surface area (Å²) in [4.78, 5) is 4.12. The standard InChI is InChI=1S/C12H16N2O3S/c1-10(14-8-7-13(2)9-14)11-3-5-12(6-4-11)18(15,16)17/h3-8,10H,9H2,1-2H3,(H,15,16,17). The van der Waals surface area contributed by atoms with E-state index in [2.05, 4.69) is 9.80 Å². The molecular weight excluding hydrogens is 252 g/mol. The number of nitrogens with zero attached hydrogens (tertiary/aromatic N) is 2. The molecule has 98 valence electrons. The molecule has 0 aromatic heterocycles. The maximum atomic E-state index is 10.9. The van der Waals surface area contributed by atoms with Crippen molar-refractivity contribution in [2.75, 3.05) is 13.7 Å². The summed E-state index contributed by atoms with van der Waals surface area (Å²) in [5, 5.41) is 0. The lowest BCUT2D eigenvalue weighted by molar-refractivity contribution is 0.244. The second-order valence-electron chi connectivity index (χ2n) is 4.43. The predicted molar refractivity (Wildman–Crippen MR) is 68.3 cm³/mol. The molecular formula is C12H16N2O3S. The van der Waals surface area contributed by atoms with Crippen molar-refractivity contribution in [1.82, 2.24) is 9.80 Å². The monoisotopic (exact) mass is 268 g/mol. The minimum Gasteiger partial charge on any atom is -0.362 e. The van der Waals surface area contributed by atoms with Gasteiger partial charge in [-0.2, -0.15) is 8.42 Å². The van der Waals surface area contributed by atoms with E-state index in [1.54, 1.807) is 12.1 Å². The summed E-state index contributed by atoms with van der Waals surface area (Å²) in [6.07, 6.45) is 3.99. The molecule has 0 spiro atoms. The highest BCUT2D eigenvalue weighted by molar-refractivity contribution is 7.85. The fraction of sp³-hybridized carbons (Fsp3) is 0.333. The van der Waals surface area contributed by atoms with Crippen molar-refractivity contribution in [3.05, 3.63) is 42.2 Å². The molecule has 0 radical (unpaired) electrons. The largest absolute Gasteiger partial charge is 0.362 e. The molecule has 1 N–H and O–H groups in total. The average Bonchev–Trinajstić information content (AvgIpc) is 2.74. The summed E-state index contributed by atoms with van der Waals surface area (Å²) >= 11 is 0. The Morgan fingerprint density at radius 1 is 1.22 bits per heavy atom. The zero-order chi connectivity index (χ0) is 13.3. The van der Waals surface area contributed by atoms with Gasteiger partial charge in [-0.1, -0.05) is 12.1 Å². The third-order valence-electron chi connectivity index (χ3n) is 3.06. The van der Waals surface area contributed by atoms with Crippen LogP contribution in [0.15, 0.2) is 41.6 Å². The first-order chi connectivity index (χ1) is 8.38. The molecule has 1 aromatic rings. The fourth-order valence-corrected chi connectivity index (χ4v) is 2.39. The molecule has 0 saturated carbocycles. The van der Waals surface area contributed by atoms with Crippen LogP contribution >= 0.6 is 0 Å². The van der Waals surface area contributed by atoms with Gasteiger partial charge < -0.3 is 9.80 Å². The molecule has 18 heavy (non-hydrogen) atoms. The number of hydrogen-bond donors (Lipinski definition) is 1. The molecule has 5 nitrogen and oxygen atoms in total. The molecule has 0 fully saturated rings. The quantitative estimate of drug-likeness (QED) is 0.845. The average molecular weight is 268 g/mol. The first-order valence-corrected chi connectivity index (χ1v) is 7.04. The van der Waals surface area contributed by atoms with Crippen LogP contribution in [0.3, 0.4) is 0 Å². The summed E-state index contributed by atoms with van der Waals surface area (Å²) < 4.78 is 30.8. The first-order valence-electron chi connectivity index (χ1n) is 5.60. The first kappa shape index (κ1) is 12.9. The van der Waals surface area contributed by atoms with E-state index in [1.807, 2.05) is 26.4 Å². The van der Waals surface area contributed by atoms with Crippen molar-refractivity contribution in [3.8, 4) is 0 Å². The number of hydrogen-bond acceptors (Lipinski definition) is 4. The van der Waals surface area contributed by atoms with Gasteiger partial charge in [-0.15, -0.1) is 0 Å². The van der Waals surface area contributed by atoms with Crippen LogP contribution < -0.4 is 0 Å². The van der Waals surface area contributed by atoms with Gasteiger partial charge in [0.2, 0.25) is 0 Å². The smallest absolute Gasteiger partial charge is 0.294 e. The minimum atomic E-state index is -4.11. The lowest BCUT2D eigenvalue weighted by Crippen LogP contribution is -2.25. The normalized spacial score (nSPS) is 17.3. The van der Waals surface area contributed by atoms with E-state index < -0.39 is 10.1 Å². The number of rotatable bonds is 3. The van der Waals surface area contributed by atoms with E-state index in [1.165, 1.54) is 12.1 Å². The van der Waals surface area contributed by atoms with Gasteiger partial charge in [-0.3, -0.25) is 4.55 Å². The molecule has 2 rings (SSSR count). The Morgan fingerprint density at radius 3 is 2.28 bits per heavy atom. The zero-order valence-corrected chi connectivity index (χ0v) is 11.1. The third-order valence-corrected chi connectivity index (χ3v) is 3.92. The van der Waals surface area contributed by atoms with Crippen molar-refractivity contribution < 1.29 is 13.0 Å². The lowest BCUT2D eigenvalue weighted by atomic mass is 10.1. The molecule has 6 heteroatoms. The second-order valence-corrected chi connectivity index (χ2v) is 5.85. The SMILES string of the molecule is CC(c1ccc(S(=O)(=O)O)cc1)N1C=CN(C)C1. The van der Waals surface area contributed by atoms with Gasteiger partial charge >= 0.3 is 0 Å². The van der Waals surface area contributed by atoms with Crippen molar-refractivity contribution in [3.63, 3.8) is 0 Å². The summed E-state index contributed by atoms with van der Waals surface area (Å²) in [5.74, 6) is 0. The van der Waals surface area contributed by atoms with Crippen LogP contribution in [0.25, 0.3) is 0 Å². The van der Waals surface area contributed by atoms with E-state index in [0.29, 0.717) is 0 Å². The van der Waals surface area contributed by atoms with Crippen LogP contribution in [0.1, 0.15) is 18.5 Å². The Bertz CT molecular complexity index is 551. The summed E-state index contributed by atoms with van der Waals surface area (Å²) in [6, 6.07) is 6.44. The molecule has 0 amide bonds. The van der Waals surface area contributed by atoms with Crippen molar-refractivity contribution in [2.24, 2.45) is 0 Å². The topological polar surface area (TPSA) is 60.9 Å². The molecule has 1 unspecified atom stereocenters. The van der Waals surface area contributed by atoms with Crippen LogP contribution in [0.4, 0.5) is 0 Å². The Morgan fingerprint density at radius 2 is 1.83 bits per heavy atom. The Kier molecular flexibility index (Phi) is 3.32. The van der Waals surface area contributed by atoms with Gasteiger partial charge in [0.05, 0.1) is 17.6 Å². The van der Waals surface area contributed by atoms with Crippen LogP contribution in [0.2, 0.25) is 0 Å². The Balaban J connectivity index is 2.17. The van der Waals surface area contributed by atoms with Crippen molar-refractivity contribution >= 4 is 10.1 Å². The van der Waals surface area contributed by atoms with Crippen LogP contribution in [-0.2, 0) is 10.1 Å². The van der Waals surface area contributed by atoms with E-state index >= 15 is 0 Å². The fourth-order valence-electron chi connectivity index (χ4n) is 1.91. The zero-order valence-electron chi connectivity index (χ0n) is 10.3. The van der Waals surface area contributed by atoms with Gasteiger partial charge in [-0.25, -0.2) is 0 Å². The second kappa shape index (κ2) is 4.62. The lowest BCUT2D eigenvalue weighted by Gasteiger charge is -2.26. The predicted octanol–water partition coefficient (Wildman–Crippen LogP) is 1.67. The Hall–Kier alpha value is -1.53. The van der Waals surface area contributed by atoms with Gasteiger partial charge in [0.15, 0.2) is 0 Å². The summed E-state index contributed by atoms with van der Waals surface area (Å²) in [6.45, 7) is 2.85. The maximum absolute atomic E-state index is 10.9.